The summed E-state index contributed by atoms with van der Waals surface area (Å²) in [5.74, 6) is 0. The van der Waals surface area contributed by atoms with Crippen molar-refractivity contribution in [2.75, 3.05) is 0 Å². The second kappa shape index (κ2) is 3.74. The molecule has 0 unspecified atom stereocenters. The van der Waals surface area contributed by atoms with Crippen LogP contribution in [0.25, 0.3) is 0 Å². The van der Waals surface area contributed by atoms with Gasteiger partial charge in [0.1, 0.15) is 0 Å². The predicted octanol–water partition coefficient (Wildman–Crippen LogP) is 2.77. The third-order valence-corrected chi connectivity index (χ3v) is 2.03. The van der Waals surface area contributed by atoms with Crippen molar-refractivity contribution < 1.29 is 4.92 Å². The summed E-state index contributed by atoms with van der Waals surface area (Å²) in [7, 11) is 0. The lowest BCUT2D eigenvalue weighted by molar-refractivity contribution is -0.496. The quantitative estimate of drug-likeness (QED) is 0.551. The molecular formula is C7H5Cl2NO2. The van der Waals surface area contributed by atoms with Crippen molar-refractivity contribution in [3.63, 3.8) is 0 Å². The minimum Gasteiger partial charge on any atom is -0.264 e. The molecular weight excluding hydrogens is 201 g/mol. The zero-order valence-electron chi connectivity index (χ0n) is 5.96. The summed E-state index contributed by atoms with van der Waals surface area (Å²) in [6.07, 6.45) is 0. The minimum atomic E-state index is -0.417. The molecule has 0 aromatic heterocycles. The van der Waals surface area contributed by atoms with Gasteiger partial charge in [0.2, 0.25) is 6.54 Å². The van der Waals surface area contributed by atoms with Gasteiger partial charge in [0, 0.05) is 10.5 Å². The van der Waals surface area contributed by atoms with Gasteiger partial charge in [-0.1, -0.05) is 29.3 Å². The van der Waals surface area contributed by atoms with Crippen LogP contribution in [0, 0.1) is 10.1 Å². The molecule has 0 amide bonds. The molecule has 0 saturated heterocycles. The Balaban J connectivity index is 2.89. The molecule has 0 spiro atoms. The SMILES string of the molecule is O=[N+]([O-])Cc1ccc(Cl)c(Cl)c1. The standard InChI is InChI=1S/C7H5Cl2NO2/c8-6-2-1-5(3-7(6)9)4-10(11)12/h1-3H,4H2. The Labute approximate surface area is 79.1 Å². The third kappa shape index (κ3) is 2.36. The second-order valence-electron chi connectivity index (χ2n) is 2.24. The summed E-state index contributed by atoms with van der Waals surface area (Å²) in [5.41, 5.74) is 0.550. The van der Waals surface area contributed by atoms with Gasteiger partial charge in [-0.05, 0) is 12.1 Å². The first-order valence-corrected chi connectivity index (χ1v) is 3.91. The molecule has 64 valence electrons. The van der Waals surface area contributed by atoms with E-state index in [0.717, 1.165) is 0 Å². The molecule has 0 aliphatic heterocycles. The number of hydrogen-bond donors (Lipinski definition) is 0. The molecule has 0 aliphatic rings. The van der Waals surface area contributed by atoms with Crippen LogP contribution in [0.2, 0.25) is 10.0 Å². The fourth-order valence-electron chi connectivity index (χ4n) is 0.787. The molecule has 1 rings (SSSR count). The van der Waals surface area contributed by atoms with Crippen molar-refractivity contribution in [3.05, 3.63) is 43.9 Å². The Bertz CT molecular complexity index is 314. The summed E-state index contributed by atoms with van der Waals surface area (Å²) in [5, 5.41) is 10.8. The van der Waals surface area contributed by atoms with E-state index in [1.54, 1.807) is 12.1 Å². The van der Waals surface area contributed by atoms with E-state index in [4.69, 9.17) is 23.2 Å². The average molecular weight is 206 g/mol. The van der Waals surface area contributed by atoms with Crippen molar-refractivity contribution in [2.45, 2.75) is 6.54 Å². The summed E-state index contributed by atoms with van der Waals surface area (Å²) < 4.78 is 0. The maximum atomic E-state index is 10.1. The molecule has 0 fully saturated rings. The van der Waals surface area contributed by atoms with Crippen LogP contribution in [0.3, 0.4) is 0 Å². The lowest BCUT2D eigenvalue weighted by atomic mass is 10.2. The van der Waals surface area contributed by atoms with Crippen LogP contribution in [0.15, 0.2) is 18.2 Å². The fourth-order valence-corrected chi connectivity index (χ4v) is 1.11. The van der Waals surface area contributed by atoms with Crippen LogP contribution in [-0.4, -0.2) is 4.92 Å². The molecule has 0 aliphatic carbocycles. The maximum absolute atomic E-state index is 10.1. The van der Waals surface area contributed by atoms with Crippen molar-refractivity contribution in [3.8, 4) is 0 Å². The van der Waals surface area contributed by atoms with Gasteiger partial charge in [0.25, 0.3) is 0 Å². The Kier molecular flexibility index (Phi) is 2.89. The van der Waals surface area contributed by atoms with Gasteiger partial charge in [-0.25, -0.2) is 0 Å². The van der Waals surface area contributed by atoms with Gasteiger partial charge in [0.15, 0.2) is 0 Å². The Morgan fingerprint density at radius 2 is 2.00 bits per heavy atom. The molecule has 0 saturated carbocycles. The van der Waals surface area contributed by atoms with E-state index >= 15 is 0 Å². The Morgan fingerprint density at radius 3 is 2.50 bits per heavy atom. The molecule has 0 atom stereocenters. The summed E-state index contributed by atoms with van der Waals surface area (Å²) >= 11 is 11.3. The van der Waals surface area contributed by atoms with Crippen LogP contribution in [0.5, 0.6) is 0 Å². The zero-order valence-corrected chi connectivity index (χ0v) is 7.47. The first-order valence-electron chi connectivity index (χ1n) is 3.15. The monoisotopic (exact) mass is 205 g/mol. The number of nitro groups is 1. The molecule has 1 aromatic rings. The van der Waals surface area contributed by atoms with E-state index in [2.05, 4.69) is 0 Å². The molecule has 1 aromatic carbocycles. The highest BCUT2D eigenvalue weighted by molar-refractivity contribution is 6.41. The van der Waals surface area contributed by atoms with E-state index in [1.165, 1.54) is 6.07 Å². The van der Waals surface area contributed by atoms with Crippen molar-refractivity contribution in [1.82, 2.24) is 0 Å². The lowest BCUT2D eigenvalue weighted by Gasteiger charge is -1.97. The number of benzene rings is 1. The molecule has 12 heavy (non-hydrogen) atoms. The number of nitrogens with zero attached hydrogens (tertiary/aromatic N) is 1. The highest BCUT2D eigenvalue weighted by Gasteiger charge is 2.03. The smallest absolute Gasteiger partial charge is 0.228 e. The highest BCUT2D eigenvalue weighted by Crippen LogP contribution is 2.22. The summed E-state index contributed by atoms with van der Waals surface area (Å²) in [6.45, 7) is -0.225. The molecule has 0 radical (unpaired) electrons. The molecule has 0 N–H and O–H groups in total. The fraction of sp³-hybridized carbons (Fsp3) is 0.143. The molecule has 0 bridgehead atoms. The summed E-state index contributed by atoms with van der Waals surface area (Å²) in [6, 6.07) is 4.62. The highest BCUT2D eigenvalue weighted by atomic mass is 35.5. The first-order chi connectivity index (χ1) is 5.59. The molecule has 3 nitrogen and oxygen atoms in total. The Hall–Kier alpha value is -0.800. The van der Waals surface area contributed by atoms with E-state index in [-0.39, 0.29) is 6.54 Å². The van der Waals surface area contributed by atoms with Gasteiger partial charge in [-0.3, -0.25) is 10.1 Å². The van der Waals surface area contributed by atoms with Crippen LogP contribution < -0.4 is 0 Å². The number of rotatable bonds is 2. The normalized spacial score (nSPS) is 9.83. The van der Waals surface area contributed by atoms with E-state index in [1.807, 2.05) is 0 Å². The average Bonchev–Trinajstić information content (AvgIpc) is 1.96. The van der Waals surface area contributed by atoms with Crippen molar-refractivity contribution >= 4 is 23.2 Å². The Morgan fingerprint density at radius 1 is 1.33 bits per heavy atom. The van der Waals surface area contributed by atoms with Gasteiger partial charge in [0.05, 0.1) is 10.0 Å². The van der Waals surface area contributed by atoms with Crippen LogP contribution >= 0.6 is 23.2 Å². The van der Waals surface area contributed by atoms with Gasteiger partial charge in [-0.2, -0.15) is 0 Å². The lowest BCUT2D eigenvalue weighted by Crippen LogP contribution is -1.97. The van der Waals surface area contributed by atoms with Crippen LogP contribution in [-0.2, 0) is 6.54 Å². The molecule has 0 heterocycles. The maximum Gasteiger partial charge on any atom is 0.228 e. The van der Waals surface area contributed by atoms with Gasteiger partial charge >= 0.3 is 0 Å². The van der Waals surface area contributed by atoms with Gasteiger partial charge < -0.3 is 0 Å². The minimum absolute atomic E-state index is 0.225. The van der Waals surface area contributed by atoms with Crippen LogP contribution in [0.1, 0.15) is 5.56 Å². The second-order valence-corrected chi connectivity index (χ2v) is 3.05. The largest absolute Gasteiger partial charge is 0.264 e. The van der Waals surface area contributed by atoms with Crippen LogP contribution in [0.4, 0.5) is 0 Å². The van der Waals surface area contributed by atoms with E-state index < -0.39 is 4.92 Å². The van der Waals surface area contributed by atoms with E-state index in [9.17, 15) is 10.1 Å². The van der Waals surface area contributed by atoms with E-state index in [0.29, 0.717) is 15.6 Å². The topological polar surface area (TPSA) is 43.1 Å². The molecule has 5 heteroatoms. The van der Waals surface area contributed by atoms with Gasteiger partial charge in [-0.15, -0.1) is 0 Å². The zero-order chi connectivity index (χ0) is 9.14. The first kappa shape index (κ1) is 9.29. The summed E-state index contributed by atoms with van der Waals surface area (Å²) in [4.78, 5) is 9.68. The third-order valence-electron chi connectivity index (χ3n) is 1.30. The van der Waals surface area contributed by atoms with Crippen molar-refractivity contribution in [2.24, 2.45) is 0 Å². The number of halogens is 2. The van der Waals surface area contributed by atoms with Crippen molar-refractivity contribution in [1.29, 1.82) is 0 Å². The predicted molar refractivity (Wildman–Crippen MR) is 47.2 cm³/mol. The number of hydrogen-bond acceptors (Lipinski definition) is 2.